The summed E-state index contributed by atoms with van der Waals surface area (Å²) in [4.78, 5) is 45.5. The van der Waals surface area contributed by atoms with E-state index in [9.17, 15) is 32.7 Å². The highest BCUT2D eigenvalue weighted by Crippen LogP contribution is 2.46. The number of halogens is 3. The Kier molecular flexibility index (Phi) is 5.43. The van der Waals surface area contributed by atoms with Crippen molar-refractivity contribution in [2.45, 2.75) is 43.6 Å². The quantitative estimate of drug-likeness (QED) is 0.466. The fraction of sp³-hybridized carbons (Fsp3) is 0.625. The van der Waals surface area contributed by atoms with Crippen molar-refractivity contribution in [2.24, 2.45) is 5.92 Å². The highest BCUT2D eigenvalue weighted by molar-refractivity contribution is 6.01. The van der Waals surface area contributed by atoms with Gasteiger partial charge in [-0.2, -0.15) is 13.2 Å². The summed E-state index contributed by atoms with van der Waals surface area (Å²) in [7, 11) is 0. The van der Waals surface area contributed by atoms with Crippen molar-refractivity contribution in [1.29, 1.82) is 0 Å². The third-order valence-electron chi connectivity index (χ3n) is 5.07. The number of carboxylic acid groups (broad SMARTS) is 2. The summed E-state index contributed by atoms with van der Waals surface area (Å²) in [6, 6.07) is -0.253. The van der Waals surface area contributed by atoms with Gasteiger partial charge in [0, 0.05) is 17.5 Å². The molecular formula is C16H18F3N3O7. The molecule has 0 spiro atoms. The molecule has 2 amide bonds. The molecule has 1 unspecified atom stereocenters. The molecule has 0 aromatic carbocycles. The molecular weight excluding hydrogens is 403 g/mol. The summed E-state index contributed by atoms with van der Waals surface area (Å²) in [5.74, 6) is -4.14. The molecule has 0 aromatic rings. The number of carboxylic acids is 2. The molecule has 0 radical (unpaired) electrons. The number of hydrogen-bond acceptors (Lipinski definition) is 6. The van der Waals surface area contributed by atoms with Gasteiger partial charge in [-0.25, -0.2) is 14.4 Å². The summed E-state index contributed by atoms with van der Waals surface area (Å²) in [5.41, 5.74) is 0.556. The van der Waals surface area contributed by atoms with Gasteiger partial charge in [-0.05, 0) is 25.8 Å². The first kappa shape index (κ1) is 20.9. The first-order chi connectivity index (χ1) is 13.5. The zero-order chi connectivity index (χ0) is 21.5. The number of ether oxygens (including phenoxy) is 1. The molecule has 3 heterocycles. The number of amides is 2. The largest absolute Gasteiger partial charge is 0.490 e. The number of alkyl carbamates (subject to hydrolysis) is 1. The smallest absolute Gasteiger partial charge is 0.477 e. The predicted molar refractivity (Wildman–Crippen MR) is 86.4 cm³/mol. The minimum atomic E-state index is -5.08. The van der Waals surface area contributed by atoms with Gasteiger partial charge < -0.3 is 25.6 Å². The van der Waals surface area contributed by atoms with E-state index in [1.54, 1.807) is 0 Å². The summed E-state index contributed by atoms with van der Waals surface area (Å²) in [5, 5.41) is 22.4. The molecule has 1 aliphatic carbocycles. The number of carbonyl (C=O) groups is 4. The first-order valence-corrected chi connectivity index (χ1v) is 8.78. The lowest BCUT2D eigenvalue weighted by Crippen LogP contribution is -2.72. The van der Waals surface area contributed by atoms with Crippen LogP contribution in [0.4, 0.5) is 18.0 Å². The number of carbonyl (C=O) groups excluding carboxylic acids is 2. The second-order valence-corrected chi connectivity index (χ2v) is 7.00. The van der Waals surface area contributed by atoms with Crippen LogP contribution in [0.5, 0.6) is 0 Å². The fourth-order valence-corrected chi connectivity index (χ4v) is 3.66. The van der Waals surface area contributed by atoms with E-state index in [1.807, 2.05) is 0 Å². The molecule has 4 rings (SSSR count). The average Bonchev–Trinajstić information content (AvgIpc) is 3.37. The van der Waals surface area contributed by atoms with E-state index in [0.29, 0.717) is 12.1 Å². The van der Waals surface area contributed by atoms with Crippen molar-refractivity contribution >= 4 is 23.9 Å². The molecule has 1 saturated carbocycles. The van der Waals surface area contributed by atoms with Gasteiger partial charge >= 0.3 is 24.2 Å². The Labute approximate surface area is 161 Å². The van der Waals surface area contributed by atoms with Crippen molar-refractivity contribution < 1.29 is 47.3 Å². The standard InChI is InChI=1S/C14H17N3O5.C2HF3O2/c18-12-9-10-7(3-4-15-9)8(11(13(19)20)17(10)12)5-22-14(21)16-6-1-2-6;3-2(4,5)1(6)7/h6-7,9-10,15H,1-5H2,(H,16,21)(H,19,20);(H,6,7)/t7?,9-,10+;/m0./s1. The number of nitrogens with zero attached hydrogens (tertiary/aromatic N) is 1. The molecule has 29 heavy (non-hydrogen) atoms. The second-order valence-electron chi connectivity index (χ2n) is 7.00. The summed E-state index contributed by atoms with van der Waals surface area (Å²) < 4.78 is 36.9. The summed E-state index contributed by atoms with van der Waals surface area (Å²) >= 11 is 0. The molecule has 3 fully saturated rings. The number of aliphatic carboxylic acids is 2. The molecule has 2 saturated heterocycles. The molecule has 4 N–H and O–H groups in total. The minimum absolute atomic E-state index is 0.000767. The van der Waals surface area contributed by atoms with Crippen molar-refractivity contribution in [2.75, 3.05) is 13.2 Å². The number of alkyl halides is 3. The lowest BCUT2D eigenvalue weighted by molar-refractivity contribution is -0.192. The van der Waals surface area contributed by atoms with E-state index >= 15 is 0 Å². The minimum Gasteiger partial charge on any atom is -0.477 e. The van der Waals surface area contributed by atoms with Gasteiger partial charge in [0.2, 0.25) is 5.91 Å². The topological polar surface area (TPSA) is 145 Å². The predicted octanol–water partition coefficient (Wildman–Crippen LogP) is 0.0495. The van der Waals surface area contributed by atoms with Gasteiger partial charge in [-0.1, -0.05) is 0 Å². The summed E-state index contributed by atoms with van der Waals surface area (Å²) in [6.07, 6.45) is -2.95. The third-order valence-corrected chi connectivity index (χ3v) is 5.07. The normalized spacial score (nSPS) is 27.3. The molecule has 0 aromatic heterocycles. The van der Waals surface area contributed by atoms with Gasteiger partial charge in [0.25, 0.3) is 0 Å². The van der Waals surface area contributed by atoms with Crippen molar-refractivity contribution in [1.82, 2.24) is 15.5 Å². The molecule has 0 bridgehead atoms. The van der Waals surface area contributed by atoms with Gasteiger partial charge in [0.15, 0.2) is 0 Å². The average molecular weight is 421 g/mol. The van der Waals surface area contributed by atoms with Crippen LogP contribution in [-0.4, -0.2) is 76.5 Å². The van der Waals surface area contributed by atoms with Crippen LogP contribution < -0.4 is 10.6 Å². The number of nitrogens with one attached hydrogen (secondary N) is 2. The SMILES string of the molecule is O=C(NC1CC1)OCC1=C(C(=O)O)N2C(=O)[C@H]3NCCC1[C@H]32.O=C(O)C(F)(F)F. The maximum atomic E-state index is 12.1. The zero-order valence-electron chi connectivity index (χ0n) is 14.9. The van der Waals surface area contributed by atoms with Gasteiger partial charge in [0.1, 0.15) is 18.3 Å². The van der Waals surface area contributed by atoms with Crippen LogP contribution in [0.1, 0.15) is 19.3 Å². The second kappa shape index (κ2) is 7.54. The number of hydrogen-bond donors (Lipinski definition) is 4. The molecule has 4 aliphatic rings. The van der Waals surface area contributed by atoms with Gasteiger partial charge in [0.05, 0.1) is 6.04 Å². The first-order valence-electron chi connectivity index (χ1n) is 8.78. The van der Waals surface area contributed by atoms with Crippen LogP contribution >= 0.6 is 0 Å². The molecule has 3 atom stereocenters. The third kappa shape index (κ3) is 4.13. The van der Waals surface area contributed by atoms with Crippen LogP contribution in [-0.2, 0) is 19.1 Å². The van der Waals surface area contributed by atoms with Gasteiger partial charge in [-0.15, -0.1) is 0 Å². The van der Waals surface area contributed by atoms with Crippen LogP contribution in [0.3, 0.4) is 0 Å². The highest BCUT2D eigenvalue weighted by Gasteiger charge is 2.61. The molecule has 13 heteroatoms. The van der Waals surface area contributed by atoms with E-state index in [0.717, 1.165) is 19.3 Å². The maximum Gasteiger partial charge on any atom is 0.490 e. The Bertz CT molecular complexity index is 778. The Morgan fingerprint density at radius 1 is 1.21 bits per heavy atom. The van der Waals surface area contributed by atoms with Crippen LogP contribution in [0, 0.1) is 5.92 Å². The Hall–Kier alpha value is -2.83. The lowest BCUT2D eigenvalue weighted by atomic mass is 9.79. The highest BCUT2D eigenvalue weighted by atomic mass is 19.4. The van der Waals surface area contributed by atoms with Crippen LogP contribution in [0.2, 0.25) is 0 Å². The lowest BCUT2D eigenvalue weighted by Gasteiger charge is -2.48. The van der Waals surface area contributed by atoms with E-state index in [-0.39, 0.29) is 42.3 Å². The monoisotopic (exact) mass is 421 g/mol. The van der Waals surface area contributed by atoms with Crippen LogP contribution in [0.25, 0.3) is 0 Å². The number of rotatable bonds is 4. The van der Waals surface area contributed by atoms with Crippen molar-refractivity contribution in [3.8, 4) is 0 Å². The van der Waals surface area contributed by atoms with E-state index in [4.69, 9.17) is 14.6 Å². The maximum absolute atomic E-state index is 12.1. The van der Waals surface area contributed by atoms with E-state index < -0.39 is 24.2 Å². The fourth-order valence-electron chi connectivity index (χ4n) is 3.66. The number of β-lactam (4-membered cyclic amide) rings is 1. The summed E-state index contributed by atoms with van der Waals surface area (Å²) in [6.45, 7) is 0.591. The Morgan fingerprint density at radius 2 is 1.83 bits per heavy atom. The Balaban J connectivity index is 0.000000298. The zero-order valence-corrected chi connectivity index (χ0v) is 14.9. The molecule has 160 valence electrons. The van der Waals surface area contributed by atoms with E-state index in [1.165, 1.54) is 4.90 Å². The van der Waals surface area contributed by atoms with E-state index in [2.05, 4.69) is 10.6 Å². The van der Waals surface area contributed by atoms with Crippen molar-refractivity contribution in [3.63, 3.8) is 0 Å². The molecule has 10 nitrogen and oxygen atoms in total. The Morgan fingerprint density at radius 3 is 2.34 bits per heavy atom. The van der Waals surface area contributed by atoms with Crippen molar-refractivity contribution in [3.05, 3.63) is 11.3 Å². The number of piperidine rings is 1. The van der Waals surface area contributed by atoms with Crippen LogP contribution in [0.15, 0.2) is 11.3 Å². The molecule has 3 aliphatic heterocycles. The van der Waals surface area contributed by atoms with Gasteiger partial charge in [-0.3, -0.25) is 9.69 Å².